The molecule has 0 bridgehead atoms. The molecule has 196 valence electrons. The molecule has 1 N–H and O–H groups in total. The van der Waals surface area contributed by atoms with Crippen molar-refractivity contribution in [1.29, 1.82) is 0 Å². The number of esters is 1. The highest BCUT2D eigenvalue weighted by atomic mass is 32.1. The number of carbonyl (C=O) groups excluding carboxylic acids is 2. The second-order valence-corrected chi connectivity index (χ2v) is 8.97. The number of nitrogens with one attached hydrogen (secondary N) is 1. The number of benzene rings is 2. The fourth-order valence-electron chi connectivity index (χ4n) is 3.61. The van der Waals surface area contributed by atoms with Crippen LogP contribution in [0, 0.1) is 0 Å². The zero-order chi connectivity index (χ0) is 26.6. The maximum absolute atomic E-state index is 12.8. The lowest BCUT2D eigenvalue weighted by atomic mass is 10.0. The van der Waals surface area contributed by atoms with Gasteiger partial charge in [-0.2, -0.15) is 0 Å². The summed E-state index contributed by atoms with van der Waals surface area (Å²) in [7, 11) is 3.18. The Kier molecular flexibility index (Phi) is 10.6. The van der Waals surface area contributed by atoms with Crippen LogP contribution in [0.2, 0.25) is 0 Å². The highest BCUT2D eigenvalue weighted by molar-refractivity contribution is 7.15. The lowest BCUT2D eigenvalue weighted by molar-refractivity contribution is -0.111. The smallest absolute Gasteiger partial charge is 0.341 e. The normalized spacial score (nSPS) is 10.8. The number of amides is 1. The van der Waals surface area contributed by atoms with Crippen molar-refractivity contribution in [1.82, 2.24) is 0 Å². The van der Waals surface area contributed by atoms with Crippen molar-refractivity contribution in [3.8, 4) is 28.4 Å². The van der Waals surface area contributed by atoms with Crippen LogP contribution in [0.5, 0.6) is 17.2 Å². The van der Waals surface area contributed by atoms with Gasteiger partial charge in [-0.25, -0.2) is 4.79 Å². The molecule has 0 fully saturated rings. The lowest BCUT2D eigenvalue weighted by Crippen LogP contribution is -2.12. The first-order chi connectivity index (χ1) is 18.0. The Bertz CT molecular complexity index is 1220. The average molecular weight is 524 g/mol. The molecular formula is C29H33NO6S. The van der Waals surface area contributed by atoms with Gasteiger partial charge in [0.15, 0.2) is 11.5 Å². The van der Waals surface area contributed by atoms with Gasteiger partial charge >= 0.3 is 5.97 Å². The van der Waals surface area contributed by atoms with Crippen molar-refractivity contribution in [3.05, 3.63) is 65.0 Å². The predicted octanol–water partition coefficient (Wildman–Crippen LogP) is 6.83. The molecule has 2 aromatic carbocycles. The molecule has 0 aliphatic carbocycles. The van der Waals surface area contributed by atoms with Gasteiger partial charge < -0.3 is 24.3 Å². The van der Waals surface area contributed by atoms with E-state index in [1.54, 1.807) is 27.2 Å². The van der Waals surface area contributed by atoms with E-state index in [0.717, 1.165) is 30.4 Å². The minimum atomic E-state index is -0.492. The van der Waals surface area contributed by atoms with E-state index < -0.39 is 5.97 Å². The summed E-state index contributed by atoms with van der Waals surface area (Å²) < 4.78 is 21.8. The Morgan fingerprint density at radius 1 is 0.973 bits per heavy atom. The van der Waals surface area contributed by atoms with Crippen LogP contribution in [0.3, 0.4) is 0 Å². The molecule has 37 heavy (non-hydrogen) atoms. The molecule has 1 heterocycles. The Morgan fingerprint density at radius 3 is 2.43 bits per heavy atom. The molecule has 0 radical (unpaired) electrons. The molecule has 0 aliphatic rings. The molecular weight excluding hydrogens is 490 g/mol. The quantitative estimate of drug-likeness (QED) is 0.150. The van der Waals surface area contributed by atoms with Crippen molar-refractivity contribution in [2.75, 3.05) is 32.8 Å². The molecule has 1 amide bonds. The van der Waals surface area contributed by atoms with Gasteiger partial charge in [0, 0.05) is 17.0 Å². The summed E-state index contributed by atoms with van der Waals surface area (Å²) in [5.41, 5.74) is 2.61. The third kappa shape index (κ3) is 7.60. The van der Waals surface area contributed by atoms with Crippen LogP contribution in [-0.4, -0.2) is 39.3 Å². The van der Waals surface area contributed by atoms with E-state index in [2.05, 4.69) is 12.2 Å². The largest absolute Gasteiger partial charge is 0.497 e. The number of anilines is 1. The number of ether oxygens (including phenoxy) is 4. The zero-order valence-electron chi connectivity index (χ0n) is 21.7. The second kappa shape index (κ2) is 14.1. The molecule has 7 nitrogen and oxygen atoms in total. The lowest BCUT2D eigenvalue weighted by Gasteiger charge is -2.11. The Balaban J connectivity index is 1.76. The summed E-state index contributed by atoms with van der Waals surface area (Å²) >= 11 is 1.27. The molecule has 1 aromatic heterocycles. The fraction of sp³-hybridized carbons (Fsp3) is 0.310. The molecule has 8 heteroatoms. The van der Waals surface area contributed by atoms with Crippen molar-refractivity contribution in [3.63, 3.8) is 0 Å². The first kappa shape index (κ1) is 27.8. The molecule has 3 rings (SSSR count). The number of rotatable bonds is 13. The topological polar surface area (TPSA) is 83.1 Å². The summed E-state index contributed by atoms with van der Waals surface area (Å²) in [5.74, 6) is 1.12. The monoisotopic (exact) mass is 523 g/mol. The first-order valence-corrected chi connectivity index (χ1v) is 13.1. The van der Waals surface area contributed by atoms with Gasteiger partial charge in [-0.15, -0.1) is 11.3 Å². The van der Waals surface area contributed by atoms with Crippen LogP contribution < -0.4 is 19.5 Å². The summed E-state index contributed by atoms with van der Waals surface area (Å²) in [4.78, 5) is 25.5. The maximum Gasteiger partial charge on any atom is 0.341 e. The number of hydrogen-bond acceptors (Lipinski definition) is 7. The van der Waals surface area contributed by atoms with Crippen molar-refractivity contribution < 1.29 is 28.5 Å². The Labute approximate surface area is 222 Å². The Morgan fingerprint density at radius 2 is 1.76 bits per heavy atom. The standard InChI is InChI=1S/C29H33NO6S/c1-5-7-8-17-36-24-15-9-20(18-25(24)34-4)10-16-26(31)30-28-27(29(32)35-6-2)23(19-37-28)21-11-13-22(33-3)14-12-21/h9-16,18-19H,5-8,17H2,1-4H3,(H,30,31)/b16-10+. The second-order valence-electron chi connectivity index (χ2n) is 8.09. The van der Waals surface area contributed by atoms with Gasteiger partial charge in [0.25, 0.3) is 0 Å². The third-order valence-corrected chi connectivity index (χ3v) is 6.42. The van der Waals surface area contributed by atoms with Gasteiger partial charge in [0.1, 0.15) is 16.3 Å². The van der Waals surface area contributed by atoms with E-state index in [-0.39, 0.29) is 12.5 Å². The highest BCUT2D eigenvalue weighted by Crippen LogP contribution is 2.37. The summed E-state index contributed by atoms with van der Waals surface area (Å²) in [6, 6.07) is 12.9. The van der Waals surface area contributed by atoms with Crippen LogP contribution in [0.15, 0.2) is 53.9 Å². The molecule has 0 unspecified atom stereocenters. The van der Waals surface area contributed by atoms with Crippen LogP contribution in [0.4, 0.5) is 5.00 Å². The van der Waals surface area contributed by atoms with Crippen molar-refractivity contribution in [2.24, 2.45) is 0 Å². The van der Waals surface area contributed by atoms with Crippen LogP contribution in [0.1, 0.15) is 49.0 Å². The summed E-state index contributed by atoms with van der Waals surface area (Å²) in [6.07, 6.45) is 6.32. The number of hydrogen-bond donors (Lipinski definition) is 1. The minimum Gasteiger partial charge on any atom is -0.497 e. The fourth-order valence-corrected chi connectivity index (χ4v) is 4.57. The van der Waals surface area contributed by atoms with E-state index in [1.165, 1.54) is 17.4 Å². The first-order valence-electron chi connectivity index (χ1n) is 12.2. The van der Waals surface area contributed by atoms with E-state index in [9.17, 15) is 9.59 Å². The molecule has 0 saturated carbocycles. The highest BCUT2D eigenvalue weighted by Gasteiger charge is 2.22. The van der Waals surface area contributed by atoms with Crippen molar-refractivity contribution >= 4 is 34.3 Å². The van der Waals surface area contributed by atoms with Crippen LogP contribution >= 0.6 is 11.3 Å². The number of thiophene rings is 1. The van der Waals surface area contributed by atoms with Crippen molar-refractivity contribution in [2.45, 2.75) is 33.1 Å². The summed E-state index contributed by atoms with van der Waals surface area (Å²) in [5, 5.41) is 5.08. The van der Waals surface area contributed by atoms with Gasteiger partial charge in [-0.05, 0) is 54.8 Å². The minimum absolute atomic E-state index is 0.226. The molecule has 0 atom stereocenters. The molecule has 0 saturated heterocycles. The predicted molar refractivity (Wildman–Crippen MR) is 148 cm³/mol. The van der Waals surface area contributed by atoms with Crippen LogP contribution in [-0.2, 0) is 9.53 Å². The van der Waals surface area contributed by atoms with Gasteiger partial charge in [0.05, 0.1) is 27.4 Å². The maximum atomic E-state index is 12.8. The number of unbranched alkanes of at least 4 members (excludes halogenated alkanes) is 2. The molecule has 3 aromatic rings. The molecule has 0 spiro atoms. The van der Waals surface area contributed by atoms with Gasteiger partial charge in [0.2, 0.25) is 5.91 Å². The van der Waals surface area contributed by atoms with E-state index in [0.29, 0.717) is 40.0 Å². The SMILES string of the molecule is CCCCCOc1ccc(/C=C/C(=O)Nc2scc(-c3ccc(OC)cc3)c2C(=O)OCC)cc1OC. The number of carbonyl (C=O) groups is 2. The van der Waals surface area contributed by atoms with E-state index in [4.69, 9.17) is 18.9 Å². The van der Waals surface area contributed by atoms with E-state index in [1.807, 2.05) is 47.8 Å². The molecule has 0 aliphatic heterocycles. The number of methoxy groups -OCH3 is 2. The average Bonchev–Trinajstić information content (AvgIpc) is 3.33. The summed E-state index contributed by atoms with van der Waals surface area (Å²) in [6.45, 7) is 4.75. The Hall–Kier alpha value is -3.78. The van der Waals surface area contributed by atoms with E-state index >= 15 is 0 Å². The zero-order valence-corrected chi connectivity index (χ0v) is 22.5. The third-order valence-electron chi connectivity index (χ3n) is 5.53. The van der Waals surface area contributed by atoms with Gasteiger partial charge in [-0.3, -0.25) is 4.79 Å². The van der Waals surface area contributed by atoms with Gasteiger partial charge in [-0.1, -0.05) is 38.0 Å². The van der Waals surface area contributed by atoms with Crippen LogP contribution in [0.25, 0.3) is 17.2 Å².